The molecule has 7 heteroatoms. The van der Waals surface area contributed by atoms with E-state index < -0.39 is 0 Å². The molecule has 0 spiro atoms. The first-order valence-electron chi connectivity index (χ1n) is 8.98. The molecule has 1 aromatic heterocycles. The SMILES string of the molecule is CCOC(=O)COc1ccc(CN2CCNCC2c2cccnc2)cc1.Cl. The summed E-state index contributed by atoms with van der Waals surface area (Å²) in [6.07, 6.45) is 3.75. The van der Waals surface area contributed by atoms with Crippen LogP contribution in [0.3, 0.4) is 0 Å². The molecule has 3 rings (SSSR count). The Morgan fingerprint density at radius 3 is 2.81 bits per heavy atom. The van der Waals surface area contributed by atoms with Crippen molar-refractivity contribution in [3.8, 4) is 5.75 Å². The van der Waals surface area contributed by atoms with E-state index in [9.17, 15) is 4.79 Å². The van der Waals surface area contributed by atoms with Crippen molar-refractivity contribution in [3.63, 3.8) is 0 Å². The first kappa shape index (κ1) is 21.2. The molecule has 1 saturated heterocycles. The highest BCUT2D eigenvalue weighted by molar-refractivity contribution is 5.85. The Bertz CT molecular complexity index is 697. The third-order valence-electron chi connectivity index (χ3n) is 4.39. The van der Waals surface area contributed by atoms with E-state index in [0.29, 0.717) is 18.4 Å². The number of nitrogens with one attached hydrogen (secondary N) is 1. The summed E-state index contributed by atoms with van der Waals surface area (Å²) < 4.78 is 10.3. The Balaban J connectivity index is 0.00000261. The van der Waals surface area contributed by atoms with Crippen LogP contribution in [0.2, 0.25) is 0 Å². The zero-order chi connectivity index (χ0) is 18.2. The number of carbonyl (C=O) groups excluding carboxylic acids is 1. The number of ether oxygens (including phenoxy) is 2. The van der Waals surface area contributed by atoms with Gasteiger partial charge >= 0.3 is 5.97 Å². The van der Waals surface area contributed by atoms with E-state index in [-0.39, 0.29) is 25.0 Å². The van der Waals surface area contributed by atoms with Gasteiger partial charge in [0.2, 0.25) is 0 Å². The minimum absolute atomic E-state index is 0. The molecule has 2 heterocycles. The van der Waals surface area contributed by atoms with Crippen molar-refractivity contribution in [1.82, 2.24) is 15.2 Å². The number of nitrogens with zero attached hydrogens (tertiary/aromatic N) is 2. The minimum Gasteiger partial charge on any atom is -0.482 e. The van der Waals surface area contributed by atoms with Gasteiger partial charge in [0, 0.05) is 44.6 Å². The van der Waals surface area contributed by atoms with Gasteiger partial charge in [-0.05, 0) is 36.2 Å². The van der Waals surface area contributed by atoms with Crippen LogP contribution in [0, 0.1) is 0 Å². The summed E-state index contributed by atoms with van der Waals surface area (Å²) >= 11 is 0. The Morgan fingerprint density at radius 1 is 1.30 bits per heavy atom. The van der Waals surface area contributed by atoms with Gasteiger partial charge in [0.1, 0.15) is 5.75 Å². The van der Waals surface area contributed by atoms with Gasteiger partial charge in [-0.25, -0.2) is 4.79 Å². The van der Waals surface area contributed by atoms with Gasteiger partial charge in [0.25, 0.3) is 0 Å². The van der Waals surface area contributed by atoms with Crippen molar-refractivity contribution in [2.75, 3.05) is 32.8 Å². The number of piperazine rings is 1. The van der Waals surface area contributed by atoms with Crippen LogP contribution in [0.4, 0.5) is 0 Å². The van der Waals surface area contributed by atoms with Crippen molar-refractivity contribution in [1.29, 1.82) is 0 Å². The molecule has 1 N–H and O–H groups in total. The van der Waals surface area contributed by atoms with E-state index in [0.717, 1.165) is 26.2 Å². The number of hydrogen-bond acceptors (Lipinski definition) is 6. The number of rotatable bonds is 7. The number of pyridine rings is 1. The fourth-order valence-electron chi connectivity index (χ4n) is 3.11. The summed E-state index contributed by atoms with van der Waals surface area (Å²) in [6, 6.07) is 12.3. The molecule has 1 aliphatic heterocycles. The van der Waals surface area contributed by atoms with E-state index >= 15 is 0 Å². The van der Waals surface area contributed by atoms with Crippen LogP contribution >= 0.6 is 12.4 Å². The molecule has 1 fully saturated rings. The minimum atomic E-state index is -0.350. The van der Waals surface area contributed by atoms with Crippen LogP contribution in [0.5, 0.6) is 5.75 Å². The lowest BCUT2D eigenvalue weighted by Crippen LogP contribution is -2.45. The predicted molar refractivity (Wildman–Crippen MR) is 106 cm³/mol. The van der Waals surface area contributed by atoms with Gasteiger partial charge in [-0.3, -0.25) is 9.88 Å². The maximum atomic E-state index is 11.4. The van der Waals surface area contributed by atoms with Crippen LogP contribution in [0.25, 0.3) is 0 Å². The average molecular weight is 392 g/mol. The molecule has 0 radical (unpaired) electrons. The summed E-state index contributed by atoms with van der Waals surface area (Å²) in [7, 11) is 0. The molecule has 6 nitrogen and oxygen atoms in total. The molecule has 2 aromatic rings. The first-order chi connectivity index (χ1) is 12.8. The summed E-state index contributed by atoms with van der Waals surface area (Å²) in [4.78, 5) is 18.1. The Hall–Kier alpha value is -2.15. The third-order valence-corrected chi connectivity index (χ3v) is 4.39. The zero-order valence-corrected chi connectivity index (χ0v) is 16.3. The van der Waals surface area contributed by atoms with Crippen LogP contribution < -0.4 is 10.1 Å². The predicted octanol–water partition coefficient (Wildman–Crippen LogP) is 2.59. The Kier molecular flexibility index (Phi) is 8.51. The molecule has 1 atom stereocenters. The summed E-state index contributed by atoms with van der Waals surface area (Å²) in [5.74, 6) is 0.322. The molecule has 0 saturated carbocycles. The zero-order valence-electron chi connectivity index (χ0n) is 15.5. The largest absolute Gasteiger partial charge is 0.482 e. The van der Waals surface area contributed by atoms with E-state index in [1.54, 1.807) is 13.1 Å². The number of halogens is 1. The van der Waals surface area contributed by atoms with Gasteiger partial charge in [-0.1, -0.05) is 18.2 Å². The Labute approximate surface area is 166 Å². The van der Waals surface area contributed by atoms with Gasteiger partial charge in [0.05, 0.1) is 6.61 Å². The van der Waals surface area contributed by atoms with Crippen molar-refractivity contribution in [2.45, 2.75) is 19.5 Å². The highest BCUT2D eigenvalue weighted by Gasteiger charge is 2.23. The molecule has 0 aliphatic carbocycles. The lowest BCUT2D eigenvalue weighted by Gasteiger charge is -2.36. The number of aromatic nitrogens is 1. The van der Waals surface area contributed by atoms with E-state index in [2.05, 4.69) is 21.3 Å². The van der Waals surface area contributed by atoms with Crippen molar-refractivity contribution >= 4 is 18.4 Å². The second-order valence-corrected chi connectivity index (χ2v) is 6.21. The molecular formula is C20H26ClN3O3. The number of esters is 1. The molecule has 0 bridgehead atoms. The first-order valence-corrected chi connectivity index (χ1v) is 8.98. The molecule has 146 valence electrons. The molecule has 1 aromatic carbocycles. The smallest absolute Gasteiger partial charge is 0.344 e. The van der Waals surface area contributed by atoms with Gasteiger partial charge in [0.15, 0.2) is 6.61 Å². The summed E-state index contributed by atoms with van der Waals surface area (Å²) in [5, 5.41) is 3.46. The van der Waals surface area contributed by atoms with Crippen molar-refractivity contribution in [3.05, 3.63) is 59.9 Å². The number of benzene rings is 1. The Morgan fingerprint density at radius 2 is 2.11 bits per heavy atom. The maximum absolute atomic E-state index is 11.4. The van der Waals surface area contributed by atoms with Crippen molar-refractivity contribution < 1.29 is 14.3 Å². The molecule has 27 heavy (non-hydrogen) atoms. The molecule has 0 amide bonds. The van der Waals surface area contributed by atoms with Crippen LogP contribution in [0.1, 0.15) is 24.1 Å². The average Bonchev–Trinajstić information content (AvgIpc) is 2.69. The normalized spacial score (nSPS) is 17.0. The summed E-state index contributed by atoms with van der Waals surface area (Å²) in [5.41, 5.74) is 2.44. The van der Waals surface area contributed by atoms with Crippen LogP contribution in [-0.4, -0.2) is 48.7 Å². The van der Waals surface area contributed by atoms with Crippen LogP contribution in [-0.2, 0) is 16.1 Å². The van der Waals surface area contributed by atoms with Gasteiger partial charge in [-0.15, -0.1) is 12.4 Å². The second-order valence-electron chi connectivity index (χ2n) is 6.21. The van der Waals surface area contributed by atoms with Crippen LogP contribution in [0.15, 0.2) is 48.8 Å². The van der Waals surface area contributed by atoms with E-state index in [1.807, 2.05) is 36.5 Å². The van der Waals surface area contributed by atoms with Gasteiger partial charge < -0.3 is 14.8 Å². The van der Waals surface area contributed by atoms with Crippen molar-refractivity contribution in [2.24, 2.45) is 0 Å². The maximum Gasteiger partial charge on any atom is 0.344 e. The van der Waals surface area contributed by atoms with Gasteiger partial charge in [-0.2, -0.15) is 0 Å². The lowest BCUT2D eigenvalue weighted by atomic mass is 10.0. The third kappa shape index (κ3) is 6.20. The number of hydrogen-bond donors (Lipinski definition) is 1. The standard InChI is InChI=1S/C20H25N3O3.ClH/c1-2-25-20(24)15-26-18-7-5-16(6-8-18)14-23-11-10-22-13-19(23)17-4-3-9-21-12-17;/h3-9,12,19,22H,2,10-11,13-15H2,1H3;1H. The highest BCUT2D eigenvalue weighted by Crippen LogP contribution is 2.24. The fourth-order valence-corrected chi connectivity index (χ4v) is 3.11. The van der Waals surface area contributed by atoms with E-state index in [4.69, 9.17) is 9.47 Å². The number of carbonyl (C=O) groups is 1. The molecule has 1 unspecified atom stereocenters. The summed E-state index contributed by atoms with van der Waals surface area (Å²) in [6.45, 7) is 5.84. The molecule has 1 aliphatic rings. The quantitative estimate of drug-likeness (QED) is 0.732. The topological polar surface area (TPSA) is 63.7 Å². The molecular weight excluding hydrogens is 366 g/mol. The van der Waals surface area contributed by atoms with E-state index in [1.165, 1.54) is 11.1 Å². The highest BCUT2D eigenvalue weighted by atomic mass is 35.5. The fraction of sp³-hybridized carbons (Fsp3) is 0.400. The second kappa shape index (κ2) is 10.9. The lowest BCUT2D eigenvalue weighted by molar-refractivity contribution is -0.145. The monoisotopic (exact) mass is 391 g/mol.